The molecule has 0 spiro atoms. The van der Waals surface area contributed by atoms with Crippen LogP contribution in [-0.4, -0.2) is 173 Å². The number of benzene rings is 9. The van der Waals surface area contributed by atoms with E-state index in [1.54, 1.807) is 34.3 Å². The Morgan fingerprint density at radius 1 is 0.376 bits per heavy atom. The molecule has 9 aromatic carbocycles. The summed E-state index contributed by atoms with van der Waals surface area (Å²) in [5.41, 5.74) is 25.2. The first-order chi connectivity index (χ1) is 63.6. The van der Waals surface area contributed by atoms with Crippen molar-refractivity contribution >= 4 is 109 Å². The number of hydrogen-bond donors (Lipinski definition) is 5. The molecule has 6 aliphatic rings. The Morgan fingerprint density at radius 3 is 1.12 bits per heavy atom. The van der Waals surface area contributed by atoms with Gasteiger partial charge in [0, 0.05) is 177 Å². The van der Waals surface area contributed by atoms with E-state index >= 15 is 0 Å². The third-order valence-electron chi connectivity index (χ3n) is 23.8. The lowest BCUT2D eigenvalue weighted by Crippen LogP contribution is -2.50. The van der Waals surface area contributed by atoms with Gasteiger partial charge < -0.3 is 59.6 Å². The second-order valence-corrected chi connectivity index (χ2v) is 39.1. The molecule has 133 heavy (non-hydrogen) atoms. The highest BCUT2D eigenvalue weighted by molar-refractivity contribution is 6.04. The van der Waals surface area contributed by atoms with Crippen molar-refractivity contribution in [2.75, 3.05) is 110 Å². The van der Waals surface area contributed by atoms with Crippen molar-refractivity contribution in [3.63, 3.8) is 0 Å². The first-order valence-electron chi connectivity index (χ1n) is 46.3. The number of aromatic carboxylic acids is 1. The number of piperazine rings is 3. The van der Waals surface area contributed by atoms with Gasteiger partial charge in [0.25, 0.3) is 0 Å². The molecule has 3 saturated heterocycles. The Balaban J connectivity index is 0.000000142. The number of hydrogen-bond acceptors (Lipinski definition) is 19. The minimum atomic E-state index is -0.963. The lowest BCUT2D eigenvalue weighted by atomic mass is 9.96. The number of ether oxygens (including phenoxy) is 4. The topological polar surface area (TPSA) is 294 Å². The molecular weight excluding hydrogens is 1670 g/mol. The number of Topliss-reactive ketones (excluding diaryl/α,β-unsaturated/α-hetero) is 2. The Kier molecular flexibility index (Phi) is 28.6. The van der Waals surface area contributed by atoms with Crippen molar-refractivity contribution in [1.29, 1.82) is 0 Å². The monoisotopic (exact) mass is 1790 g/mol. The number of amides is 4. The molecule has 3 aliphatic carbocycles. The summed E-state index contributed by atoms with van der Waals surface area (Å²) in [7, 11) is 0. The highest BCUT2D eigenvalue weighted by atomic mass is 16.6. The minimum Gasteiger partial charge on any atom is -0.478 e. The van der Waals surface area contributed by atoms with E-state index in [-0.39, 0.29) is 35.7 Å². The van der Waals surface area contributed by atoms with Crippen LogP contribution in [0.25, 0.3) is 66.1 Å². The van der Waals surface area contributed by atoms with Crippen LogP contribution in [-0.2, 0) is 31.8 Å². The maximum atomic E-state index is 13.9. The molecule has 0 bridgehead atoms. The van der Waals surface area contributed by atoms with Crippen LogP contribution in [0.4, 0.5) is 53.3 Å². The molecule has 24 heteroatoms. The zero-order valence-electron chi connectivity index (χ0n) is 78.3. The molecule has 690 valence electrons. The number of carbonyl (C=O) groups excluding carboxylic acids is 6. The van der Waals surface area contributed by atoms with Crippen LogP contribution in [0, 0.1) is 0 Å². The van der Waals surface area contributed by atoms with E-state index < -0.39 is 40.6 Å². The van der Waals surface area contributed by atoms with Gasteiger partial charge in [0.05, 0.1) is 33.5 Å². The largest absolute Gasteiger partial charge is 0.478 e. The third kappa shape index (κ3) is 24.9. The highest BCUT2D eigenvalue weighted by Gasteiger charge is 2.37. The number of ketones is 2. The van der Waals surface area contributed by atoms with Gasteiger partial charge in [-0.1, -0.05) is 146 Å². The molecule has 18 rings (SSSR count). The number of carboxylic acid groups (broad SMARTS) is 1. The maximum Gasteiger partial charge on any atom is 0.412 e. The standard InChI is InChI=1S/C40H46N4O5.C30H29N3O.C22H27N3O4.C17H20N2O2/c1-39(2,3)48-37(46)42-32-16-14-28(26-10-8-7-9-11-26)22-30(32)24-34(45)31-23-29-15-17-33(35(27-12-13-27)36(29)41-25-31)43-18-20-44(21-19-43)38(47)49-40(4,5)6;34-28(18-21-5-4-8-24(17-21)22-6-2-1-3-7-22)26-19-25-11-12-27(33-15-13-31-14-16-33)29(23-9-10-23)30(25)32-20-26;1-22(2,3)29-21(28)25-10-8-24(9-11-25)17-7-6-15-12-16(20(26)27)13-23-19(15)18(17)14-4-5-14;1-17(2,3)21-16(20)19-15-10-9-13(11-14(15)18)12-7-5-4-6-8-12/h7-11,14-17,22-23,25,27H,12-13,18-21,24H2,1-6H3,(H,42,46);1-8,11-12,17,19-20,23,31H,9-10,13-16,18H2;6-7,12-14H,4-5,8-11H2,1-3H3,(H,26,27);4-11H,18H2,1-3H3,(H,19,20). The van der Waals surface area contributed by atoms with Crippen molar-refractivity contribution in [3.05, 3.63) is 269 Å². The predicted octanol–water partition coefficient (Wildman–Crippen LogP) is 22.4. The van der Waals surface area contributed by atoms with Gasteiger partial charge in [-0.25, -0.2) is 24.0 Å². The minimum absolute atomic E-state index is 0.0779. The van der Waals surface area contributed by atoms with E-state index in [0.29, 0.717) is 97.2 Å². The molecule has 24 nitrogen and oxygen atoms in total. The molecule has 3 saturated carbocycles. The molecule has 3 aromatic heterocycles. The number of nitrogens with zero attached hydrogens (tertiary/aromatic N) is 8. The molecule has 0 atom stereocenters. The summed E-state index contributed by atoms with van der Waals surface area (Å²) >= 11 is 0. The number of aromatic nitrogens is 3. The first-order valence-corrected chi connectivity index (χ1v) is 46.3. The SMILES string of the molecule is CC(C)(C)OC(=O)N1CCN(c2ccc3cc(C(=O)O)cnc3c2C2CC2)CC1.CC(C)(C)OC(=O)Nc1ccc(-c2ccccc2)cc1CC(=O)c1cnc2c(C3CC3)c(N3CCN(C(=O)OC(C)(C)C)CC3)ccc2c1.CC(C)(C)OC(=O)Nc1ccc(-c2ccccc2)cc1N.O=C(Cc1cccc(-c2ccccc2)c1)c1cnc2c(C3CC3)c(N3CCNCC3)ccc2c1. The van der Waals surface area contributed by atoms with Gasteiger partial charge >= 0.3 is 30.3 Å². The van der Waals surface area contributed by atoms with Crippen LogP contribution >= 0.6 is 0 Å². The van der Waals surface area contributed by atoms with E-state index in [0.717, 1.165) is 148 Å². The van der Waals surface area contributed by atoms with Crippen molar-refractivity contribution in [1.82, 2.24) is 30.1 Å². The van der Waals surface area contributed by atoms with E-state index in [4.69, 9.17) is 34.6 Å². The van der Waals surface area contributed by atoms with Gasteiger partial charge in [0.1, 0.15) is 22.4 Å². The molecular formula is C109H122N12O12. The van der Waals surface area contributed by atoms with Crippen LogP contribution in [0.5, 0.6) is 0 Å². The second kappa shape index (κ2) is 40.5. The van der Waals surface area contributed by atoms with Crippen LogP contribution in [0.15, 0.2) is 225 Å². The predicted molar refractivity (Wildman–Crippen MR) is 529 cm³/mol. The number of rotatable bonds is 18. The number of fused-ring (bicyclic) bond motifs is 3. The van der Waals surface area contributed by atoms with Crippen LogP contribution in [0.1, 0.15) is 198 Å². The number of nitrogens with two attached hydrogens (primary N) is 1. The zero-order chi connectivity index (χ0) is 94.0. The van der Waals surface area contributed by atoms with E-state index in [1.807, 2.05) is 229 Å². The summed E-state index contributed by atoms with van der Waals surface area (Å²) in [6.45, 7) is 31.6. The first kappa shape index (κ1) is 93.9. The zero-order valence-corrected chi connectivity index (χ0v) is 78.3. The lowest BCUT2D eigenvalue weighted by molar-refractivity contribution is 0.0230. The number of carbonyl (C=O) groups is 7. The van der Waals surface area contributed by atoms with Gasteiger partial charge in [-0.15, -0.1) is 0 Å². The highest BCUT2D eigenvalue weighted by Crippen LogP contribution is 2.51. The summed E-state index contributed by atoms with van der Waals surface area (Å²) in [6.07, 6.45) is 10.7. The maximum absolute atomic E-state index is 13.9. The average Bonchev–Trinajstić information content (AvgIpc) is 1.76. The second-order valence-electron chi connectivity index (χ2n) is 39.1. The van der Waals surface area contributed by atoms with Crippen LogP contribution in [0.2, 0.25) is 0 Å². The fourth-order valence-electron chi connectivity index (χ4n) is 17.1. The van der Waals surface area contributed by atoms with E-state index in [1.165, 1.54) is 41.4 Å². The fraction of sp³-hybridized carbons (Fsp3) is 0.358. The van der Waals surface area contributed by atoms with Gasteiger partial charge in [-0.2, -0.15) is 0 Å². The molecule has 6 N–H and O–H groups in total. The van der Waals surface area contributed by atoms with Crippen LogP contribution in [0.3, 0.4) is 0 Å². The smallest absolute Gasteiger partial charge is 0.412 e. The molecule has 6 heterocycles. The van der Waals surface area contributed by atoms with E-state index in [2.05, 4.69) is 84.2 Å². The molecule has 0 unspecified atom stereocenters. The summed E-state index contributed by atoms with van der Waals surface area (Å²) in [6, 6.07) is 68.0. The van der Waals surface area contributed by atoms with Crippen molar-refractivity contribution in [2.45, 2.75) is 175 Å². The van der Waals surface area contributed by atoms with Gasteiger partial charge in [0.15, 0.2) is 11.6 Å². The van der Waals surface area contributed by atoms with Gasteiger partial charge in [0.2, 0.25) is 0 Å². The summed E-state index contributed by atoms with van der Waals surface area (Å²) < 4.78 is 21.8. The number of carboxylic acids is 1. The summed E-state index contributed by atoms with van der Waals surface area (Å²) in [4.78, 5) is 113. The molecule has 6 fully saturated rings. The quantitative estimate of drug-likeness (QED) is 0.0303. The van der Waals surface area contributed by atoms with Crippen molar-refractivity contribution in [2.24, 2.45) is 0 Å². The Labute approximate surface area is 779 Å². The lowest BCUT2D eigenvalue weighted by Gasteiger charge is -2.37. The molecule has 4 amide bonds. The number of nitrogens with one attached hydrogen (secondary N) is 3. The van der Waals surface area contributed by atoms with Crippen molar-refractivity contribution in [3.8, 4) is 33.4 Å². The number of anilines is 6. The fourth-order valence-corrected chi connectivity index (χ4v) is 17.1. The van der Waals surface area contributed by atoms with Gasteiger partial charge in [-0.3, -0.25) is 35.2 Å². The molecule has 12 aromatic rings. The molecule has 3 aliphatic heterocycles. The Morgan fingerprint density at radius 2 is 0.729 bits per heavy atom. The van der Waals surface area contributed by atoms with Crippen LogP contribution < -0.4 is 36.4 Å². The normalized spacial score (nSPS) is 15.3. The van der Waals surface area contributed by atoms with E-state index in [9.17, 15) is 38.7 Å². The molecule has 0 radical (unpaired) electrons. The average molecular weight is 1790 g/mol. The Hall–Kier alpha value is -13.7. The summed E-state index contributed by atoms with van der Waals surface area (Å²) in [5.74, 6) is 0.554. The van der Waals surface area contributed by atoms with Gasteiger partial charge in [-0.05, 0) is 245 Å². The number of pyridine rings is 3. The Bertz CT molecular complexity index is 6250. The van der Waals surface area contributed by atoms with Crippen molar-refractivity contribution < 1.29 is 57.6 Å². The summed E-state index contributed by atoms with van der Waals surface area (Å²) in [5, 5.41) is 21.1. The number of nitrogen functional groups attached to an aromatic ring is 1. The third-order valence-corrected chi connectivity index (χ3v) is 23.8.